The standard InChI is InChI=1S/C24H24P/c1-3-11-20(12-4-1)25(21-13-5-2-6-14-21)18-19-10-7-8-15-22(19)23-16-9-17-24(23)25/h1-8,10-15,23-24H,9,16-18H2/q+1. The van der Waals surface area contributed by atoms with Crippen LogP contribution in [0.15, 0.2) is 84.9 Å². The second kappa shape index (κ2) is 6.11. The molecule has 0 saturated heterocycles. The molecular formula is C24H24P+. The van der Waals surface area contributed by atoms with Crippen LogP contribution in [0.2, 0.25) is 0 Å². The van der Waals surface area contributed by atoms with Crippen LogP contribution in [0, 0.1) is 0 Å². The Morgan fingerprint density at radius 3 is 1.92 bits per heavy atom. The van der Waals surface area contributed by atoms with Gasteiger partial charge < -0.3 is 0 Å². The molecule has 0 amide bonds. The van der Waals surface area contributed by atoms with Crippen LogP contribution >= 0.6 is 7.26 Å². The van der Waals surface area contributed by atoms with Gasteiger partial charge in [-0.05, 0) is 54.7 Å². The van der Waals surface area contributed by atoms with E-state index in [-0.39, 0.29) is 0 Å². The Morgan fingerprint density at radius 2 is 1.24 bits per heavy atom. The van der Waals surface area contributed by atoms with Crippen LogP contribution < -0.4 is 10.6 Å². The minimum atomic E-state index is -1.43. The molecule has 5 rings (SSSR count). The predicted molar refractivity (Wildman–Crippen MR) is 110 cm³/mol. The summed E-state index contributed by atoms with van der Waals surface area (Å²) in [5.41, 5.74) is 4.06. The quantitative estimate of drug-likeness (QED) is 0.539. The van der Waals surface area contributed by atoms with Crippen molar-refractivity contribution >= 4 is 17.9 Å². The van der Waals surface area contributed by atoms with E-state index in [0.717, 1.165) is 11.6 Å². The second-order valence-corrected chi connectivity index (χ2v) is 11.3. The van der Waals surface area contributed by atoms with Crippen molar-refractivity contribution in [3.63, 3.8) is 0 Å². The van der Waals surface area contributed by atoms with Crippen LogP contribution in [0.25, 0.3) is 0 Å². The Balaban J connectivity index is 1.79. The summed E-state index contributed by atoms with van der Waals surface area (Å²) in [5.74, 6) is 0.749. The van der Waals surface area contributed by atoms with Gasteiger partial charge in [-0.3, -0.25) is 0 Å². The van der Waals surface area contributed by atoms with Gasteiger partial charge in [0.15, 0.2) is 0 Å². The molecule has 0 N–H and O–H groups in total. The third kappa shape index (κ3) is 2.31. The van der Waals surface area contributed by atoms with E-state index in [0.29, 0.717) is 0 Å². The second-order valence-electron chi connectivity index (χ2n) is 7.50. The fraction of sp³-hybridized carbons (Fsp3) is 0.250. The molecule has 1 heterocycles. The van der Waals surface area contributed by atoms with Crippen molar-refractivity contribution in [2.75, 3.05) is 0 Å². The number of rotatable bonds is 2. The maximum atomic E-state index is 2.41. The predicted octanol–water partition coefficient (Wildman–Crippen LogP) is 5.50. The van der Waals surface area contributed by atoms with Gasteiger partial charge in [0.05, 0.1) is 29.7 Å². The molecule has 0 bridgehead atoms. The van der Waals surface area contributed by atoms with Crippen molar-refractivity contribution in [2.24, 2.45) is 0 Å². The van der Waals surface area contributed by atoms with Crippen molar-refractivity contribution in [1.82, 2.24) is 0 Å². The first kappa shape index (κ1) is 15.4. The van der Waals surface area contributed by atoms with Gasteiger partial charge in [0, 0.05) is 5.92 Å². The summed E-state index contributed by atoms with van der Waals surface area (Å²) < 4.78 is 0. The molecule has 0 radical (unpaired) electrons. The topological polar surface area (TPSA) is 0 Å². The molecule has 1 fully saturated rings. The summed E-state index contributed by atoms with van der Waals surface area (Å²) in [7, 11) is -1.43. The minimum absolute atomic E-state index is 0.749. The van der Waals surface area contributed by atoms with E-state index in [9.17, 15) is 0 Å². The summed E-state index contributed by atoms with van der Waals surface area (Å²) in [5, 5.41) is 3.21. The zero-order chi connectivity index (χ0) is 16.7. The van der Waals surface area contributed by atoms with E-state index >= 15 is 0 Å². The van der Waals surface area contributed by atoms with Crippen LogP contribution in [0.5, 0.6) is 0 Å². The Bertz CT molecular complexity index is 829. The fourth-order valence-electron chi connectivity index (χ4n) is 5.36. The van der Waals surface area contributed by atoms with Crippen molar-refractivity contribution in [3.8, 4) is 0 Å². The van der Waals surface area contributed by atoms with Gasteiger partial charge in [-0.2, -0.15) is 0 Å². The van der Waals surface area contributed by atoms with Crippen LogP contribution in [0.3, 0.4) is 0 Å². The molecule has 2 unspecified atom stereocenters. The third-order valence-electron chi connectivity index (χ3n) is 6.35. The average Bonchev–Trinajstić information content (AvgIpc) is 3.19. The molecule has 25 heavy (non-hydrogen) atoms. The lowest BCUT2D eigenvalue weighted by Crippen LogP contribution is -2.37. The molecule has 1 aliphatic heterocycles. The van der Waals surface area contributed by atoms with E-state index in [1.54, 1.807) is 21.7 Å². The number of benzene rings is 3. The van der Waals surface area contributed by atoms with Crippen molar-refractivity contribution < 1.29 is 0 Å². The van der Waals surface area contributed by atoms with Crippen LogP contribution in [-0.2, 0) is 6.16 Å². The van der Waals surface area contributed by atoms with Crippen LogP contribution in [0.1, 0.15) is 36.3 Å². The van der Waals surface area contributed by atoms with Crippen LogP contribution in [-0.4, -0.2) is 5.66 Å². The minimum Gasteiger partial charge on any atom is -0.0620 e. The van der Waals surface area contributed by atoms with Crippen molar-refractivity contribution in [2.45, 2.75) is 37.0 Å². The highest BCUT2D eigenvalue weighted by Gasteiger charge is 2.57. The molecule has 1 heteroatoms. The molecule has 0 aromatic heterocycles. The first-order chi connectivity index (χ1) is 12.4. The Morgan fingerprint density at radius 1 is 0.640 bits per heavy atom. The zero-order valence-corrected chi connectivity index (χ0v) is 15.4. The SMILES string of the molecule is c1ccc([P+]2(c3ccccc3)Cc3ccccc3C3CCCC32)cc1. The molecule has 3 aromatic carbocycles. The zero-order valence-electron chi connectivity index (χ0n) is 14.5. The van der Waals surface area contributed by atoms with Gasteiger partial charge in [-0.25, -0.2) is 0 Å². The Hall–Kier alpha value is -1.91. The molecule has 0 nitrogen and oxygen atoms in total. The number of hydrogen-bond acceptors (Lipinski definition) is 0. The van der Waals surface area contributed by atoms with Gasteiger partial charge >= 0.3 is 0 Å². The lowest BCUT2D eigenvalue weighted by atomic mass is 9.93. The van der Waals surface area contributed by atoms with Crippen molar-refractivity contribution in [1.29, 1.82) is 0 Å². The lowest BCUT2D eigenvalue weighted by Gasteiger charge is -2.40. The monoisotopic (exact) mass is 343 g/mol. The molecule has 3 aromatic rings. The largest absolute Gasteiger partial charge is 0.0998 e. The van der Waals surface area contributed by atoms with Gasteiger partial charge in [-0.1, -0.05) is 60.7 Å². The highest BCUT2D eigenvalue weighted by Crippen LogP contribution is 2.72. The number of hydrogen-bond donors (Lipinski definition) is 0. The third-order valence-corrected chi connectivity index (χ3v) is 11.4. The van der Waals surface area contributed by atoms with Gasteiger partial charge in [0.2, 0.25) is 0 Å². The molecule has 0 spiro atoms. The van der Waals surface area contributed by atoms with Gasteiger partial charge in [-0.15, -0.1) is 0 Å². The lowest BCUT2D eigenvalue weighted by molar-refractivity contribution is 0.707. The first-order valence-corrected chi connectivity index (χ1v) is 11.5. The summed E-state index contributed by atoms with van der Waals surface area (Å²) in [6.45, 7) is 0. The normalized spacial score (nSPS) is 23.7. The van der Waals surface area contributed by atoms with Gasteiger partial charge in [0.1, 0.15) is 0 Å². The molecule has 2 atom stereocenters. The molecule has 1 aliphatic carbocycles. The maximum absolute atomic E-state index is 2.41. The summed E-state index contributed by atoms with van der Waals surface area (Å²) in [6.07, 6.45) is 5.36. The Kier molecular flexibility index (Phi) is 3.75. The van der Waals surface area contributed by atoms with E-state index in [1.807, 2.05) is 0 Å². The Labute approximate surface area is 151 Å². The smallest absolute Gasteiger partial charge is 0.0620 e. The molecule has 1 saturated carbocycles. The fourth-order valence-corrected chi connectivity index (χ4v) is 10.8. The molecular weight excluding hydrogens is 319 g/mol. The highest BCUT2D eigenvalue weighted by molar-refractivity contribution is 7.89. The summed E-state index contributed by atoms with van der Waals surface area (Å²) in [6, 6.07) is 32.2. The first-order valence-electron chi connectivity index (χ1n) is 9.46. The maximum Gasteiger partial charge on any atom is 0.0998 e. The highest BCUT2D eigenvalue weighted by atomic mass is 31.2. The van der Waals surface area contributed by atoms with E-state index < -0.39 is 7.26 Å². The van der Waals surface area contributed by atoms with E-state index in [4.69, 9.17) is 0 Å². The van der Waals surface area contributed by atoms with Crippen LogP contribution in [0.4, 0.5) is 0 Å². The molecule has 124 valence electrons. The molecule has 2 aliphatic rings. The van der Waals surface area contributed by atoms with Gasteiger partial charge in [0.25, 0.3) is 0 Å². The number of fused-ring (bicyclic) bond motifs is 3. The van der Waals surface area contributed by atoms with Crippen molar-refractivity contribution in [3.05, 3.63) is 96.1 Å². The van der Waals surface area contributed by atoms with E-state index in [2.05, 4.69) is 84.9 Å². The summed E-state index contributed by atoms with van der Waals surface area (Å²) >= 11 is 0. The summed E-state index contributed by atoms with van der Waals surface area (Å²) in [4.78, 5) is 0. The average molecular weight is 343 g/mol. The van der Waals surface area contributed by atoms with E-state index in [1.165, 1.54) is 25.4 Å².